The second-order valence-electron chi connectivity index (χ2n) is 7.62. The quantitative estimate of drug-likeness (QED) is 0.694. The lowest BCUT2D eigenvalue weighted by molar-refractivity contribution is -0.271. The van der Waals surface area contributed by atoms with E-state index in [1.54, 1.807) is 19.2 Å². The maximum Gasteiger partial charge on any atom is 0.293 e. The summed E-state index contributed by atoms with van der Waals surface area (Å²) in [5.74, 6) is 3.00. The van der Waals surface area contributed by atoms with Crippen molar-refractivity contribution in [3.05, 3.63) is 46.5 Å². The molecule has 0 N–H and O–H groups in total. The molecular weight excluding hydrogens is 399 g/mol. The molecule has 160 valence electrons. The monoisotopic (exact) mass is 421 g/mol. The summed E-state index contributed by atoms with van der Waals surface area (Å²) in [5.41, 5.74) is 2.25. The van der Waals surface area contributed by atoms with Gasteiger partial charge in [-0.15, -0.1) is 5.10 Å². The fraction of sp³-hybridized carbons (Fsp3) is 0.524. The van der Waals surface area contributed by atoms with E-state index >= 15 is 0 Å². The van der Waals surface area contributed by atoms with Gasteiger partial charge in [0.1, 0.15) is 30.8 Å². The van der Waals surface area contributed by atoms with Crippen LogP contribution in [0.5, 0.6) is 0 Å². The summed E-state index contributed by atoms with van der Waals surface area (Å²) in [4.78, 5) is 0. The zero-order chi connectivity index (χ0) is 21.3. The second kappa shape index (κ2) is 8.38. The number of aryl methyl sites for hydroxylation is 1. The number of ether oxygens (including phenoxy) is 3. The van der Waals surface area contributed by atoms with Crippen molar-refractivity contribution in [1.82, 2.24) is 15.0 Å². The van der Waals surface area contributed by atoms with Gasteiger partial charge in [0.05, 0.1) is 18.3 Å². The standard InChI is InChI=1S/C21H22F3N3O3/c1-13-7-17(22)15(6-5-14-3-4-14)8-16(13)20(28-2)18-9-27(26-25-18)10-19-29-11-21(23,24)12-30-19/h7-9,14,19-20H,3-4,10-12H2,1-2H3. The van der Waals surface area contributed by atoms with Crippen molar-refractivity contribution in [3.63, 3.8) is 0 Å². The Morgan fingerprint density at radius 2 is 2.03 bits per heavy atom. The predicted molar refractivity (Wildman–Crippen MR) is 100 cm³/mol. The smallest absolute Gasteiger partial charge is 0.293 e. The van der Waals surface area contributed by atoms with Crippen molar-refractivity contribution in [2.24, 2.45) is 5.92 Å². The summed E-state index contributed by atoms with van der Waals surface area (Å²) >= 11 is 0. The van der Waals surface area contributed by atoms with Gasteiger partial charge in [-0.3, -0.25) is 0 Å². The Kier molecular flexibility index (Phi) is 5.82. The Labute approximate surface area is 172 Å². The van der Waals surface area contributed by atoms with E-state index in [0.717, 1.165) is 18.4 Å². The number of benzene rings is 1. The average Bonchev–Trinajstić information content (AvgIpc) is 3.42. The molecule has 9 heteroatoms. The molecule has 1 aliphatic heterocycles. The zero-order valence-corrected chi connectivity index (χ0v) is 16.7. The molecule has 1 atom stereocenters. The van der Waals surface area contributed by atoms with Crippen molar-refractivity contribution in [2.45, 2.75) is 44.6 Å². The Bertz CT molecular complexity index is 969. The van der Waals surface area contributed by atoms with Crippen molar-refractivity contribution >= 4 is 0 Å². The fourth-order valence-electron chi connectivity index (χ4n) is 3.18. The topological polar surface area (TPSA) is 58.4 Å². The molecule has 4 rings (SSSR count). The Morgan fingerprint density at radius 1 is 1.30 bits per heavy atom. The third-order valence-corrected chi connectivity index (χ3v) is 4.98. The van der Waals surface area contributed by atoms with Crippen molar-refractivity contribution in [1.29, 1.82) is 0 Å². The van der Waals surface area contributed by atoms with E-state index in [0.29, 0.717) is 22.7 Å². The normalized spacial score (nSPS) is 19.9. The number of hydrogen-bond donors (Lipinski definition) is 0. The number of halogens is 3. The lowest BCUT2D eigenvalue weighted by Gasteiger charge is -2.28. The molecule has 2 aromatic rings. The summed E-state index contributed by atoms with van der Waals surface area (Å²) < 4.78 is 57.7. The Balaban J connectivity index is 1.52. The lowest BCUT2D eigenvalue weighted by atomic mass is 9.98. The largest absolute Gasteiger partial charge is 0.370 e. The highest BCUT2D eigenvalue weighted by Gasteiger charge is 2.37. The third kappa shape index (κ3) is 4.83. The van der Waals surface area contributed by atoms with E-state index < -0.39 is 31.5 Å². The first-order valence-corrected chi connectivity index (χ1v) is 9.70. The molecular formula is C21H22F3N3O3. The van der Waals surface area contributed by atoms with Crippen LogP contribution in [0.3, 0.4) is 0 Å². The number of nitrogens with zero attached hydrogens (tertiary/aromatic N) is 3. The van der Waals surface area contributed by atoms with Crippen LogP contribution < -0.4 is 0 Å². The maximum absolute atomic E-state index is 14.3. The molecule has 0 radical (unpaired) electrons. The van der Waals surface area contributed by atoms with Gasteiger partial charge in [-0.05, 0) is 43.0 Å². The summed E-state index contributed by atoms with van der Waals surface area (Å²) in [7, 11) is 1.53. The van der Waals surface area contributed by atoms with Gasteiger partial charge in [-0.25, -0.2) is 17.9 Å². The van der Waals surface area contributed by atoms with Crippen LogP contribution >= 0.6 is 0 Å². The van der Waals surface area contributed by atoms with Gasteiger partial charge in [0.25, 0.3) is 5.92 Å². The molecule has 1 unspecified atom stereocenters. The Hall–Kier alpha value is -2.41. The first-order valence-electron chi connectivity index (χ1n) is 9.70. The van der Waals surface area contributed by atoms with Gasteiger partial charge in [-0.1, -0.05) is 17.1 Å². The van der Waals surface area contributed by atoms with Crippen molar-refractivity contribution in [2.75, 3.05) is 20.3 Å². The number of alkyl halides is 2. The molecule has 1 aromatic heterocycles. The lowest BCUT2D eigenvalue weighted by Crippen LogP contribution is -2.42. The average molecular weight is 421 g/mol. The molecule has 6 nitrogen and oxygen atoms in total. The molecule has 1 aromatic carbocycles. The van der Waals surface area contributed by atoms with Crippen LogP contribution in [0, 0.1) is 30.5 Å². The molecule has 2 fully saturated rings. The summed E-state index contributed by atoms with van der Waals surface area (Å²) in [5, 5.41) is 8.15. The van der Waals surface area contributed by atoms with Crippen molar-refractivity contribution in [3.8, 4) is 11.8 Å². The first-order chi connectivity index (χ1) is 14.3. The number of hydrogen-bond acceptors (Lipinski definition) is 5. The van der Waals surface area contributed by atoms with Gasteiger partial charge in [0.15, 0.2) is 6.29 Å². The number of rotatable bonds is 5. The van der Waals surface area contributed by atoms with Gasteiger partial charge in [0, 0.05) is 13.0 Å². The highest BCUT2D eigenvalue weighted by atomic mass is 19.3. The SMILES string of the molecule is COC(c1cn(CC2OCC(F)(F)CO2)nn1)c1cc(C#CC2CC2)c(F)cc1C. The number of methoxy groups -OCH3 is 1. The van der Waals surface area contributed by atoms with E-state index in [-0.39, 0.29) is 12.4 Å². The minimum Gasteiger partial charge on any atom is -0.370 e. The third-order valence-electron chi connectivity index (χ3n) is 4.98. The minimum atomic E-state index is -2.98. The summed E-state index contributed by atoms with van der Waals surface area (Å²) in [6.07, 6.45) is 2.33. The molecule has 2 aliphatic rings. The van der Waals surface area contributed by atoms with Crippen LogP contribution in [0.4, 0.5) is 13.2 Å². The van der Waals surface area contributed by atoms with Gasteiger partial charge >= 0.3 is 0 Å². The molecule has 0 bridgehead atoms. The van der Waals surface area contributed by atoms with E-state index in [1.165, 1.54) is 17.9 Å². The minimum absolute atomic E-state index is 0.111. The molecule has 1 saturated carbocycles. The highest BCUT2D eigenvalue weighted by molar-refractivity contribution is 5.44. The van der Waals surface area contributed by atoms with Crippen LogP contribution in [0.15, 0.2) is 18.3 Å². The zero-order valence-electron chi connectivity index (χ0n) is 16.7. The summed E-state index contributed by atoms with van der Waals surface area (Å²) in [6, 6.07) is 3.12. The molecule has 2 heterocycles. The van der Waals surface area contributed by atoms with Crippen LogP contribution in [0.25, 0.3) is 0 Å². The Morgan fingerprint density at radius 3 is 2.70 bits per heavy atom. The van der Waals surface area contributed by atoms with Crippen LogP contribution in [0.2, 0.25) is 0 Å². The number of aromatic nitrogens is 3. The molecule has 0 spiro atoms. The van der Waals surface area contributed by atoms with Gasteiger partial charge in [0.2, 0.25) is 0 Å². The molecule has 0 amide bonds. The maximum atomic E-state index is 14.3. The van der Waals surface area contributed by atoms with Gasteiger partial charge in [-0.2, -0.15) is 0 Å². The fourth-order valence-corrected chi connectivity index (χ4v) is 3.18. The van der Waals surface area contributed by atoms with E-state index in [4.69, 9.17) is 14.2 Å². The van der Waals surface area contributed by atoms with E-state index in [9.17, 15) is 13.2 Å². The molecule has 30 heavy (non-hydrogen) atoms. The predicted octanol–water partition coefficient (Wildman–Crippen LogP) is 3.23. The molecule has 1 saturated heterocycles. The van der Waals surface area contributed by atoms with Crippen molar-refractivity contribution < 1.29 is 27.4 Å². The first kappa shape index (κ1) is 20.8. The second-order valence-corrected chi connectivity index (χ2v) is 7.62. The highest BCUT2D eigenvalue weighted by Crippen LogP contribution is 2.30. The van der Waals surface area contributed by atoms with Gasteiger partial charge < -0.3 is 14.2 Å². The van der Waals surface area contributed by atoms with Crippen LogP contribution in [0.1, 0.15) is 41.3 Å². The van der Waals surface area contributed by atoms with Crippen LogP contribution in [-0.4, -0.2) is 47.5 Å². The summed E-state index contributed by atoms with van der Waals surface area (Å²) in [6.45, 7) is 0.510. The van der Waals surface area contributed by atoms with Crippen LogP contribution in [-0.2, 0) is 20.8 Å². The molecule has 1 aliphatic carbocycles. The van der Waals surface area contributed by atoms with E-state index in [1.807, 2.05) is 0 Å². The van der Waals surface area contributed by atoms with E-state index in [2.05, 4.69) is 22.2 Å².